The summed E-state index contributed by atoms with van der Waals surface area (Å²) < 4.78 is 34.6. The number of carbonyl (C=O) groups is 1. The Kier molecular flexibility index (Phi) is 4.87. The summed E-state index contributed by atoms with van der Waals surface area (Å²) >= 11 is 0. The minimum atomic E-state index is -2.99. The molecule has 0 spiro atoms. The second kappa shape index (κ2) is 6.83. The van der Waals surface area contributed by atoms with Crippen LogP contribution >= 0.6 is 0 Å². The normalized spacial score (nSPS) is 10.5. The Labute approximate surface area is 121 Å². The van der Waals surface area contributed by atoms with Crippen LogP contribution in [0.5, 0.6) is 11.5 Å². The summed E-state index contributed by atoms with van der Waals surface area (Å²) in [5.41, 5.74) is 0.384. The van der Waals surface area contributed by atoms with Gasteiger partial charge in [0.2, 0.25) is 0 Å². The first-order valence-electron chi connectivity index (χ1n) is 6.43. The van der Waals surface area contributed by atoms with Crippen molar-refractivity contribution in [3.05, 3.63) is 59.7 Å². The van der Waals surface area contributed by atoms with E-state index in [2.05, 4.69) is 4.74 Å². The Hall–Kier alpha value is -2.43. The van der Waals surface area contributed by atoms with E-state index in [1.54, 1.807) is 37.3 Å². The van der Waals surface area contributed by atoms with Gasteiger partial charge in [0.15, 0.2) is 5.78 Å². The fraction of sp³-hybridized carbons (Fsp3) is 0.188. The molecule has 2 aromatic carbocycles. The Morgan fingerprint density at radius 1 is 1.00 bits per heavy atom. The van der Waals surface area contributed by atoms with Crippen molar-refractivity contribution < 1.29 is 23.0 Å². The monoisotopic (exact) mass is 292 g/mol. The zero-order chi connectivity index (χ0) is 15.2. The fourth-order valence-corrected chi connectivity index (χ4v) is 1.93. The smallest absolute Gasteiger partial charge is 0.387 e. The van der Waals surface area contributed by atoms with E-state index in [1.165, 1.54) is 18.2 Å². The van der Waals surface area contributed by atoms with Gasteiger partial charge in [0.05, 0.1) is 17.7 Å². The Morgan fingerprint density at radius 3 is 2.10 bits per heavy atom. The third-order valence-electron chi connectivity index (χ3n) is 2.78. The maximum Gasteiger partial charge on any atom is 0.387 e. The molecule has 0 fully saturated rings. The van der Waals surface area contributed by atoms with Crippen molar-refractivity contribution in [2.75, 3.05) is 6.61 Å². The molecule has 2 rings (SSSR count). The van der Waals surface area contributed by atoms with Gasteiger partial charge >= 0.3 is 6.61 Å². The fourth-order valence-electron chi connectivity index (χ4n) is 1.93. The van der Waals surface area contributed by atoms with E-state index in [4.69, 9.17) is 4.74 Å². The van der Waals surface area contributed by atoms with Gasteiger partial charge in [-0.15, -0.1) is 0 Å². The van der Waals surface area contributed by atoms with E-state index in [0.29, 0.717) is 17.9 Å². The van der Waals surface area contributed by atoms with E-state index in [0.717, 1.165) is 0 Å². The molecule has 0 radical (unpaired) electrons. The van der Waals surface area contributed by atoms with E-state index < -0.39 is 12.4 Å². The molecular formula is C16H14F2O3. The summed E-state index contributed by atoms with van der Waals surface area (Å²) in [4.78, 5) is 12.5. The predicted octanol–water partition coefficient (Wildman–Crippen LogP) is 3.92. The molecule has 0 saturated heterocycles. The molecule has 3 nitrogen and oxygen atoms in total. The van der Waals surface area contributed by atoms with Crippen LogP contribution in [-0.2, 0) is 0 Å². The molecule has 0 aromatic heterocycles. The van der Waals surface area contributed by atoms with Crippen molar-refractivity contribution in [1.29, 1.82) is 0 Å². The van der Waals surface area contributed by atoms with Gasteiger partial charge in [0.1, 0.15) is 11.5 Å². The zero-order valence-electron chi connectivity index (χ0n) is 11.4. The highest BCUT2D eigenvalue weighted by molar-refractivity contribution is 6.12. The molecule has 0 N–H and O–H groups in total. The van der Waals surface area contributed by atoms with Crippen molar-refractivity contribution in [2.24, 2.45) is 0 Å². The van der Waals surface area contributed by atoms with E-state index in [-0.39, 0.29) is 11.3 Å². The molecule has 0 atom stereocenters. The van der Waals surface area contributed by atoms with E-state index in [1.807, 2.05) is 0 Å². The standard InChI is InChI=1S/C16H14F2O3/c1-2-20-13-9-5-3-7-11(13)15(19)12-8-4-6-10-14(12)21-16(17)18/h3-10,16H,2H2,1H3. The van der Waals surface area contributed by atoms with Crippen molar-refractivity contribution in [1.82, 2.24) is 0 Å². The quantitative estimate of drug-likeness (QED) is 0.757. The summed E-state index contributed by atoms with van der Waals surface area (Å²) in [5, 5.41) is 0. The molecule has 110 valence electrons. The molecule has 0 bridgehead atoms. The Balaban J connectivity index is 2.41. The SMILES string of the molecule is CCOc1ccccc1C(=O)c1ccccc1OC(F)F. The van der Waals surface area contributed by atoms with Crippen LogP contribution in [0.1, 0.15) is 22.8 Å². The van der Waals surface area contributed by atoms with Gasteiger partial charge < -0.3 is 9.47 Å². The lowest BCUT2D eigenvalue weighted by molar-refractivity contribution is -0.0501. The number of alkyl halides is 2. The lowest BCUT2D eigenvalue weighted by Crippen LogP contribution is -2.10. The molecule has 0 aliphatic rings. The highest BCUT2D eigenvalue weighted by atomic mass is 19.3. The van der Waals surface area contributed by atoms with E-state index >= 15 is 0 Å². The molecular weight excluding hydrogens is 278 g/mol. The molecule has 21 heavy (non-hydrogen) atoms. The third kappa shape index (κ3) is 3.56. The highest BCUT2D eigenvalue weighted by Crippen LogP contribution is 2.27. The number of halogens is 2. The zero-order valence-corrected chi connectivity index (χ0v) is 11.4. The number of para-hydroxylation sites is 2. The van der Waals surface area contributed by atoms with Gasteiger partial charge in [-0.2, -0.15) is 8.78 Å². The Bertz CT molecular complexity index is 626. The molecule has 0 heterocycles. The van der Waals surface area contributed by atoms with E-state index in [9.17, 15) is 13.6 Å². The molecule has 0 amide bonds. The number of carbonyl (C=O) groups excluding carboxylic acids is 1. The lowest BCUT2D eigenvalue weighted by Gasteiger charge is -2.12. The number of rotatable bonds is 6. The van der Waals surface area contributed by atoms with Gasteiger partial charge in [0.25, 0.3) is 0 Å². The van der Waals surface area contributed by atoms with Crippen LogP contribution in [0.4, 0.5) is 8.78 Å². The molecule has 0 unspecified atom stereocenters. The second-order valence-corrected chi connectivity index (χ2v) is 4.13. The third-order valence-corrected chi connectivity index (χ3v) is 2.78. The van der Waals surface area contributed by atoms with Crippen LogP contribution < -0.4 is 9.47 Å². The first-order valence-corrected chi connectivity index (χ1v) is 6.43. The maximum absolute atomic E-state index is 12.5. The highest BCUT2D eigenvalue weighted by Gasteiger charge is 2.19. The lowest BCUT2D eigenvalue weighted by atomic mass is 10.0. The van der Waals surface area contributed by atoms with Crippen LogP contribution in [0.25, 0.3) is 0 Å². The van der Waals surface area contributed by atoms with Gasteiger partial charge in [-0.25, -0.2) is 0 Å². The summed E-state index contributed by atoms with van der Waals surface area (Å²) in [6, 6.07) is 12.6. The van der Waals surface area contributed by atoms with Crippen LogP contribution in [-0.4, -0.2) is 19.0 Å². The summed E-state index contributed by atoms with van der Waals surface area (Å²) in [6.07, 6.45) is 0. The van der Waals surface area contributed by atoms with Gasteiger partial charge in [-0.1, -0.05) is 24.3 Å². The largest absolute Gasteiger partial charge is 0.493 e. The first-order chi connectivity index (χ1) is 10.1. The minimum absolute atomic E-state index is 0.0740. The average molecular weight is 292 g/mol. The minimum Gasteiger partial charge on any atom is -0.493 e. The second-order valence-electron chi connectivity index (χ2n) is 4.13. The van der Waals surface area contributed by atoms with Crippen molar-refractivity contribution in [3.8, 4) is 11.5 Å². The summed E-state index contributed by atoms with van der Waals surface area (Å²) in [6.45, 7) is -0.782. The van der Waals surface area contributed by atoms with Crippen molar-refractivity contribution in [2.45, 2.75) is 13.5 Å². The number of benzene rings is 2. The van der Waals surface area contributed by atoms with Crippen molar-refractivity contribution in [3.63, 3.8) is 0 Å². The number of ether oxygens (including phenoxy) is 2. The molecule has 0 aliphatic heterocycles. The molecule has 0 aliphatic carbocycles. The van der Waals surface area contributed by atoms with Crippen LogP contribution in [0, 0.1) is 0 Å². The molecule has 2 aromatic rings. The molecule has 0 saturated carbocycles. The van der Waals surface area contributed by atoms with Gasteiger partial charge in [-0.05, 0) is 31.2 Å². The van der Waals surface area contributed by atoms with Gasteiger partial charge in [-0.3, -0.25) is 4.79 Å². The number of ketones is 1. The summed E-state index contributed by atoms with van der Waals surface area (Å²) in [5.74, 6) is -0.157. The topological polar surface area (TPSA) is 35.5 Å². The van der Waals surface area contributed by atoms with Crippen LogP contribution in [0.15, 0.2) is 48.5 Å². The van der Waals surface area contributed by atoms with Crippen LogP contribution in [0.3, 0.4) is 0 Å². The number of hydrogen-bond donors (Lipinski definition) is 0. The van der Waals surface area contributed by atoms with Gasteiger partial charge in [0, 0.05) is 0 Å². The summed E-state index contributed by atoms with van der Waals surface area (Å²) in [7, 11) is 0. The maximum atomic E-state index is 12.5. The average Bonchev–Trinajstić information content (AvgIpc) is 2.47. The number of hydrogen-bond acceptors (Lipinski definition) is 3. The molecule has 5 heteroatoms. The Morgan fingerprint density at radius 2 is 1.52 bits per heavy atom. The first kappa shape index (κ1) is 15.0. The predicted molar refractivity (Wildman–Crippen MR) is 74.1 cm³/mol. The van der Waals surface area contributed by atoms with Crippen LogP contribution in [0.2, 0.25) is 0 Å². The van der Waals surface area contributed by atoms with Crippen molar-refractivity contribution >= 4 is 5.78 Å².